The molecule has 0 aromatic heterocycles. The Morgan fingerprint density at radius 1 is 0.929 bits per heavy atom. The second kappa shape index (κ2) is 12.8. The van der Waals surface area contributed by atoms with Crippen molar-refractivity contribution in [3.05, 3.63) is 90.5 Å². The molecule has 3 N–H and O–H groups in total. The molecule has 42 heavy (non-hydrogen) atoms. The van der Waals surface area contributed by atoms with Gasteiger partial charge in [0.2, 0.25) is 10.0 Å². The van der Waals surface area contributed by atoms with Gasteiger partial charge in [0.15, 0.2) is 0 Å². The number of methoxy groups -OCH3 is 1. The van der Waals surface area contributed by atoms with E-state index in [-0.39, 0.29) is 16.5 Å². The normalized spacial score (nSPS) is 22.1. The molecule has 0 unspecified atom stereocenters. The molecule has 226 valence electrons. The van der Waals surface area contributed by atoms with Crippen LogP contribution in [-0.2, 0) is 28.7 Å². The number of rotatable bonds is 10. The van der Waals surface area contributed by atoms with E-state index in [1.165, 1.54) is 12.1 Å². The molecule has 0 radical (unpaired) electrons. The van der Waals surface area contributed by atoms with Gasteiger partial charge >= 0.3 is 5.97 Å². The van der Waals surface area contributed by atoms with Crippen molar-refractivity contribution in [1.29, 1.82) is 0 Å². The van der Waals surface area contributed by atoms with E-state index in [0.29, 0.717) is 0 Å². The van der Waals surface area contributed by atoms with Gasteiger partial charge in [-0.1, -0.05) is 99.1 Å². The first-order chi connectivity index (χ1) is 19.8. The highest BCUT2D eigenvalue weighted by atomic mass is 32.2. The van der Waals surface area contributed by atoms with Crippen LogP contribution in [0.5, 0.6) is 0 Å². The number of ether oxygens (including phenoxy) is 2. The van der Waals surface area contributed by atoms with Crippen LogP contribution in [0.25, 0.3) is 0 Å². The number of aryl methyl sites for hydroxylation is 1. The zero-order chi connectivity index (χ0) is 30.7. The van der Waals surface area contributed by atoms with Gasteiger partial charge in [0.1, 0.15) is 30.5 Å². The van der Waals surface area contributed by atoms with Crippen molar-refractivity contribution >= 4 is 34.7 Å². The molecule has 1 saturated heterocycles. The monoisotopic (exact) mass is 613 g/mol. The van der Waals surface area contributed by atoms with Crippen molar-refractivity contribution in [2.75, 3.05) is 13.7 Å². The van der Waals surface area contributed by atoms with Crippen molar-refractivity contribution in [2.24, 2.45) is 0 Å². The maximum atomic E-state index is 13.1. The summed E-state index contributed by atoms with van der Waals surface area (Å²) in [5.74, 6) is -0.963. The second-order valence-corrected chi connectivity index (χ2v) is 17.5. The molecule has 11 heteroatoms. The lowest BCUT2D eigenvalue weighted by Gasteiger charge is -2.43. The number of hydrogen-bond donors (Lipinski definition) is 3. The molecule has 1 heterocycles. The van der Waals surface area contributed by atoms with Gasteiger partial charge in [-0.05, 0) is 34.5 Å². The summed E-state index contributed by atoms with van der Waals surface area (Å²) < 4.78 is 46.3. The number of carbonyl (C=O) groups excluding carboxylic acids is 1. The molecule has 0 spiro atoms. The fourth-order valence-corrected chi connectivity index (χ4v) is 11.3. The van der Waals surface area contributed by atoms with Gasteiger partial charge in [0.05, 0.1) is 18.6 Å². The van der Waals surface area contributed by atoms with Crippen molar-refractivity contribution in [2.45, 2.75) is 68.1 Å². The van der Waals surface area contributed by atoms with Crippen LogP contribution >= 0.6 is 0 Å². The molecule has 3 aromatic carbocycles. The molecule has 0 bridgehead atoms. The third-order valence-corrected chi connectivity index (χ3v) is 14.1. The van der Waals surface area contributed by atoms with Gasteiger partial charge in [0, 0.05) is 0 Å². The number of aliphatic hydroxyl groups is 2. The lowest BCUT2D eigenvalue weighted by molar-refractivity contribution is -0.148. The molecule has 0 amide bonds. The Labute approximate surface area is 248 Å². The molecule has 4 rings (SSSR count). The summed E-state index contributed by atoms with van der Waals surface area (Å²) in [7, 11) is -6.10. The Hall–Kier alpha value is -2.90. The predicted octanol–water partition coefficient (Wildman–Crippen LogP) is 1.88. The summed E-state index contributed by atoms with van der Waals surface area (Å²) in [6.07, 6.45) is -5.53. The first-order valence-corrected chi connectivity index (χ1v) is 17.1. The molecule has 0 saturated carbocycles. The van der Waals surface area contributed by atoms with Crippen LogP contribution in [0.4, 0.5) is 0 Å². The van der Waals surface area contributed by atoms with Crippen molar-refractivity contribution in [3.63, 3.8) is 0 Å². The minimum absolute atomic E-state index is 0.0680. The first-order valence-electron chi connectivity index (χ1n) is 13.8. The second-order valence-electron chi connectivity index (χ2n) is 11.5. The third kappa shape index (κ3) is 6.37. The molecule has 5 atom stereocenters. The zero-order valence-electron chi connectivity index (χ0n) is 24.4. The lowest BCUT2D eigenvalue weighted by Crippen LogP contribution is -2.67. The van der Waals surface area contributed by atoms with E-state index in [4.69, 9.17) is 13.9 Å². The Morgan fingerprint density at radius 2 is 1.45 bits per heavy atom. The lowest BCUT2D eigenvalue weighted by atomic mass is 10.0. The van der Waals surface area contributed by atoms with Crippen LogP contribution in [0.15, 0.2) is 89.8 Å². The minimum Gasteiger partial charge on any atom is -0.468 e. The minimum atomic E-state index is -4.20. The summed E-state index contributed by atoms with van der Waals surface area (Å²) in [5.41, 5.74) is 0.861. The van der Waals surface area contributed by atoms with Gasteiger partial charge < -0.3 is 24.1 Å². The summed E-state index contributed by atoms with van der Waals surface area (Å²) >= 11 is 0. The number of esters is 1. The largest absolute Gasteiger partial charge is 0.468 e. The van der Waals surface area contributed by atoms with Crippen molar-refractivity contribution < 1.29 is 37.3 Å². The van der Waals surface area contributed by atoms with E-state index in [9.17, 15) is 23.4 Å². The van der Waals surface area contributed by atoms with Gasteiger partial charge in [0.25, 0.3) is 8.32 Å². The number of aliphatic hydroxyl groups excluding tert-OH is 2. The number of hydrogen-bond acceptors (Lipinski definition) is 8. The molecule has 0 aliphatic carbocycles. The SMILES string of the molecule is COC(=O)[C@@H](NS(=O)(=O)c1ccc(C)cc1)[C@H]1O[C@@H](CO[Si](c2ccccc2)(c2ccccc2)C(C)(C)C)[C@H](O)[C@@H]1O. The molecule has 1 aliphatic rings. The van der Waals surface area contributed by atoms with Crippen LogP contribution in [0.1, 0.15) is 26.3 Å². The van der Waals surface area contributed by atoms with Crippen molar-refractivity contribution in [1.82, 2.24) is 4.72 Å². The number of nitrogens with one attached hydrogen (secondary N) is 1. The third-order valence-electron chi connectivity index (χ3n) is 7.68. The smallest absolute Gasteiger partial charge is 0.326 e. The predicted molar refractivity (Wildman–Crippen MR) is 162 cm³/mol. The maximum Gasteiger partial charge on any atom is 0.326 e. The number of sulfonamides is 1. The van der Waals surface area contributed by atoms with Crippen LogP contribution in [0.3, 0.4) is 0 Å². The Morgan fingerprint density at radius 3 is 1.93 bits per heavy atom. The fourth-order valence-electron chi connectivity index (χ4n) is 5.49. The quantitative estimate of drug-likeness (QED) is 0.233. The molecule has 9 nitrogen and oxygen atoms in total. The van der Waals surface area contributed by atoms with Gasteiger partial charge in [-0.15, -0.1) is 0 Å². The average molecular weight is 614 g/mol. The van der Waals surface area contributed by atoms with E-state index in [1.807, 2.05) is 67.6 Å². The topological polar surface area (TPSA) is 131 Å². The summed E-state index contributed by atoms with van der Waals surface area (Å²) in [4.78, 5) is 12.7. The zero-order valence-corrected chi connectivity index (χ0v) is 26.2. The molecule has 1 fully saturated rings. The average Bonchev–Trinajstić information content (AvgIpc) is 3.25. The van der Waals surface area contributed by atoms with E-state index in [2.05, 4.69) is 25.5 Å². The first kappa shape index (κ1) is 32.0. The fraction of sp³-hybridized carbons (Fsp3) is 0.387. The van der Waals surface area contributed by atoms with E-state index in [0.717, 1.165) is 23.0 Å². The van der Waals surface area contributed by atoms with Crippen LogP contribution < -0.4 is 15.1 Å². The Balaban J connectivity index is 1.64. The Kier molecular flexibility index (Phi) is 9.73. The molecular formula is C31H39NO8SSi. The van der Waals surface area contributed by atoms with Crippen LogP contribution in [-0.4, -0.2) is 77.1 Å². The standard InChI is InChI=1S/C31H39NO8SSi/c1-21-16-18-22(19-17-21)41(36,37)32-26(30(35)38-5)29-28(34)27(33)25(40-29)20-39-42(31(2,3)4,23-12-8-6-9-13-23)24-14-10-7-11-15-24/h6-19,25-29,32-34H,20H2,1-5H3/t25-,26-,27-,28-,29+/m0/s1. The van der Waals surface area contributed by atoms with E-state index < -0.39 is 54.8 Å². The highest BCUT2D eigenvalue weighted by Crippen LogP contribution is 2.37. The summed E-state index contributed by atoms with van der Waals surface area (Å²) in [5, 5.41) is 23.7. The number of carbonyl (C=O) groups is 1. The van der Waals surface area contributed by atoms with Crippen LogP contribution in [0, 0.1) is 6.92 Å². The Bertz CT molecular complexity index is 1410. The maximum absolute atomic E-state index is 13.1. The summed E-state index contributed by atoms with van der Waals surface area (Å²) in [6, 6.07) is 24.3. The van der Waals surface area contributed by atoms with Crippen LogP contribution in [0.2, 0.25) is 5.04 Å². The highest BCUT2D eigenvalue weighted by molar-refractivity contribution is 7.89. The highest BCUT2D eigenvalue weighted by Gasteiger charge is 2.54. The van der Waals surface area contributed by atoms with Gasteiger partial charge in [-0.2, -0.15) is 4.72 Å². The van der Waals surface area contributed by atoms with E-state index >= 15 is 0 Å². The van der Waals surface area contributed by atoms with Crippen molar-refractivity contribution in [3.8, 4) is 0 Å². The molecule has 1 aliphatic heterocycles. The molecule has 3 aromatic rings. The number of benzene rings is 3. The van der Waals surface area contributed by atoms with E-state index in [1.54, 1.807) is 12.1 Å². The summed E-state index contributed by atoms with van der Waals surface area (Å²) in [6.45, 7) is 8.03. The van der Waals surface area contributed by atoms with Gasteiger partial charge in [-0.25, -0.2) is 8.42 Å². The molecular weight excluding hydrogens is 574 g/mol. The van der Waals surface area contributed by atoms with Gasteiger partial charge in [-0.3, -0.25) is 4.79 Å².